The third kappa shape index (κ3) is 3.24. The van der Waals surface area contributed by atoms with Gasteiger partial charge in [0.2, 0.25) is 0 Å². The first-order valence-electron chi connectivity index (χ1n) is 12.4. The topological polar surface area (TPSA) is 40.5 Å². The Morgan fingerprint density at radius 1 is 1.21 bits per heavy atom. The molecule has 4 aliphatic carbocycles. The van der Waals surface area contributed by atoms with Crippen LogP contribution in [0.25, 0.3) is 0 Å². The summed E-state index contributed by atoms with van der Waals surface area (Å²) in [6.07, 6.45) is 5.72. The molecule has 5 heteroatoms. The zero-order chi connectivity index (χ0) is 23.1. The second-order valence-electron chi connectivity index (χ2n) is 11.8. The third-order valence-corrected chi connectivity index (χ3v) is 10.4. The molecule has 1 aromatic rings. The molecule has 0 bridgehead atoms. The minimum Gasteiger partial charge on any atom is -0.393 e. The predicted molar refractivity (Wildman–Crippen MR) is 127 cm³/mol. The number of hydrogen-bond donors (Lipinski definition) is 1. The van der Waals surface area contributed by atoms with E-state index in [1.165, 1.54) is 11.6 Å². The van der Waals surface area contributed by atoms with Crippen molar-refractivity contribution in [2.45, 2.75) is 51.9 Å². The number of ketones is 1. The molecule has 1 heterocycles. The van der Waals surface area contributed by atoms with Gasteiger partial charge < -0.3 is 5.11 Å². The van der Waals surface area contributed by atoms with Crippen LogP contribution in [0.5, 0.6) is 0 Å². The van der Waals surface area contributed by atoms with Crippen LogP contribution in [0.15, 0.2) is 48.1 Å². The third-order valence-electron chi connectivity index (χ3n) is 10.1. The minimum atomic E-state index is -1.10. The van der Waals surface area contributed by atoms with Crippen molar-refractivity contribution in [2.75, 3.05) is 13.1 Å². The number of aliphatic hydroxyl groups is 1. The molecule has 6 rings (SSSR count). The fourth-order valence-electron chi connectivity index (χ4n) is 8.88. The average molecular weight is 470 g/mol. The summed E-state index contributed by atoms with van der Waals surface area (Å²) in [4.78, 5) is 14.5. The van der Waals surface area contributed by atoms with Gasteiger partial charge in [0.1, 0.15) is 6.17 Å². The number of carbonyl (C=O) groups excluding carboxylic acids is 1. The van der Waals surface area contributed by atoms with Gasteiger partial charge in [0.25, 0.3) is 0 Å². The first kappa shape index (κ1) is 22.0. The highest BCUT2D eigenvalue weighted by Gasteiger charge is 2.66. The maximum atomic E-state index is 15.5. The van der Waals surface area contributed by atoms with Gasteiger partial charge in [0.05, 0.1) is 6.10 Å². The summed E-state index contributed by atoms with van der Waals surface area (Å²) in [6, 6.07) is 8.11. The maximum absolute atomic E-state index is 15.5. The molecule has 3 saturated carbocycles. The Kier molecular flexibility index (Phi) is 5.00. The molecule has 9 atom stereocenters. The number of halogens is 2. The fraction of sp³-hybridized carbons (Fsp3) is 0.607. The number of benzene rings is 1. The van der Waals surface area contributed by atoms with E-state index in [9.17, 15) is 9.90 Å². The second-order valence-corrected chi connectivity index (χ2v) is 12.3. The van der Waals surface area contributed by atoms with Crippen LogP contribution >= 0.6 is 11.6 Å². The number of nitrogens with zero attached hydrogens (tertiary/aromatic N) is 1. The highest BCUT2D eigenvalue weighted by molar-refractivity contribution is 6.30. The van der Waals surface area contributed by atoms with Gasteiger partial charge in [-0.1, -0.05) is 43.7 Å². The Hall–Kier alpha value is -1.49. The van der Waals surface area contributed by atoms with Crippen molar-refractivity contribution in [1.82, 2.24) is 4.90 Å². The van der Waals surface area contributed by atoms with Gasteiger partial charge in [-0.25, -0.2) is 4.39 Å². The van der Waals surface area contributed by atoms with E-state index >= 15 is 4.39 Å². The Bertz CT molecular complexity index is 1050. The van der Waals surface area contributed by atoms with Crippen LogP contribution in [-0.2, 0) is 11.3 Å². The fourth-order valence-corrected chi connectivity index (χ4v) is 9.09. The zero-order valence-electron chi connectivity index (χ0n) is 19.4. The summed E-state index contributed by atoms with van der Waals surface area (Å²) in [6.45, 7) is 7.41. The lowest BCUT2D eigenvalue weighted by atomic mass is 9.46. The largest absolute Gasteiger partial charge is 0.393 e. The molecule has 0 radical (unpaired) electrons. The average Bonchev–Trinajstić information content (AvgIpc) is 3.26. The number of allylic oxidation sites excluding steroid dienone is 4. The van der Waals surface area contributed by atoms with Crippen molar-refractivity contribution in [3.63, 3.8) is 0 Å². The molecule has 0 aromatic heterocycles. The highest BCUT2D eigenvalue weighted by Crippen LogP contribution is 2.68. The van der Waals surface area contributed by atoms with Crippen molar-refractivity contribution in [3.8, 4) is 0 Å². The standard InChI is InChI=1S/C28H33ClFNO2/c1-27-7-6-19(32)10-22(27)24(30)11-20-21-9-17-14-31(13-16-4-3-5-18(29)8-16)15-23(17)28(21,2)12-25(33)26(20)27/h3-8,10,17,20-21,23-26,33H,9,11-15H2,1-2H3. The van der Waals surface area contributed by atoms with Gasteiger partial charge >= 0.3 is 0 Å². The monoisotopic (exact) mass is 469 g/mol. The lowest BCUT2D eigenvalue weighted by Gasteiger charge is -2.59. The minimum absolute atomic E-state index is 0.0143. The summed E-state index contributed by atoms with van der Waals surface area (Å²) in [7, 11) is 0. The molecule has 5 aliphatic rings. The molecule has 9 unspecified atom stereocenters. The Balaban J connectivity index is 1.26. The normalized spacial score (nSPS) is 46.4. The van der Waals surface area contributed by atoms with Gasteiger partial charge in [-0.3, -0.25) is 9.69 Å². The van der Waals surface area contributed by atoms with Crippen LogP contribution in [0.3, 0.4) is 0 Å². The molecule has 1 saturated heterocycles. The molecule has 0 spiro atoms. The summed E-state index contributed by atoms with van der Waals surface area (Å²) in [5, 5.41) is 12.3. The van der Waals surface area contributed by atoms with E-state index in [2.05, 4.69) is 17.9 Å². The number of alkyl halides is 1. The van der Waals surface area contributed by atoms with Gasteiger partial charge in [-0.05, 0) is 83.8 Å². The number of rotatable bonds is 2. The van der Waals surface area contributed by atoms with Gasteiger partial charge in [-0.2, -0.15) is 0 Å². The van der Waals surface area contributed by atoms with Gasteiger partial charge in [0, 0.05) is 36.0 Å². The maximum Gasteiger partial charge on any atom is 0.178 e. The SMILES string of the molecule is CC12C=CC(=O)C=C1C(F)CC1C2C(O)CC2(C)C3CN(Cc4cccc(Cl)c4)CC3CC12. The van der Waals surface area contributed by atoms with E-state index in [0.29, 0.717) is 29.7 Å². The first-order valence-corrected chi connectivity index (χ1v) is 12.8. The lowest BCUT2D eigenvalue weighted by Crippen LogP contribution is -2.58. The second kappa shape index (κ2) is 7.50. The van der Waals surface area contributed by atoms with Crippen molar-refractivity contribution in [1.29, 1.82) is 0 Å². The van der Waals surface area contributed by atoms with E-state index in [4.69, 9.17) is 11.6 Å². The number of hydrogen-bond acceptors (Lipinski definition) is 3. The van der Waals surface area contributed by atoms with Gasteiger partial charge in [0.15, 0.2) is 5.78 Å². The first-order chi connectivity index (χ1) is 15.7. The zero-order valence-corrected chi connectivity index (χ0v) is 20.1. The van der Waals surface area contributed by atoms with E-state index in [0.717, 1.165) is 37.5 Å². The van der Waals surface area contributed by atoms with Crippen LogP contribution in [0, 0.1) is 40.4 Å². The lowest BCUT2D eigenvalue weighted by molar-refractivity contribution is -0.126. The molecule has 4 fully saturated rings. The van der Waals surface area contributed by atoms with Crippen molar-refractivity contribution >= 4 is 17.4 Å². The molecule has 33 heavy (non-hydrogen) atoms. The van der Waals surface area contributed by atoms with E-state index in [1.807, 2.05) is 31.2 Å². The summed E-state index contributed by atoms with van der Waals surface area (Å²) >= 11 is 6.20. The van der Waals surface area contributed by atoms with Crippen LogP contribution in [0.1, 0.15) is 38.7 Å². The molecule has 1 aliphatic heterocycles. The van der Waals surface area contributed by atoms with Crippen LogP contribution in [0.4, 0.5) is 4.39 Å². The summed E-state index contributed by atoms with van der Waals surface area (Å²) < 4.78 is 15.5. The van der Waals surface area contributed by atoms with Crippen molar-refractivity contribution < 1.29 is 14.3 Å². The molecule has 1 N–H and O–H groups in total. The molecular formula is C28H33ClFNO2. The molecular weight excluding hydrogens is 437 g/mol. The number of aliphatic hydroxyl groups excluding tert-OH is 1. The molecule has 176 valence electrons. The predicted octanol–water partition coefficient (Wildman–Crippen LogP) is 5.22. The summed E-state index contributed by atoms with van der Waals surface area (Å²) in [5.41, 5.74) is 1.30. The molecule has 1 aromatic carbocycles. The molecule has 3 nitrogen and oxygen atoms in total. The Labute approximate surface area is 200 Å². The van der Waals surface area contributed by atoms with Crippen LogP contribution in [0.2, 0.25) is 5.02 Å². The molecule has 0 amide bonds. The van der Waals surface area contributed by atoms with E-state index in [-0.39, 0.29) is 23.0 Å². The number of likely N-dealkylation sites (tertiary alicyclic amines) is 1. The van der Waals surface area contributed by atoms with Crippen molar-refractivity contribution in [3.05, 3.63) is 58.7 Å². The Morgan fingerprint density at radius 2 is 2.03 bits per heavy atom. The number of carbonyl (C=O) groups is 1. The van der Waals surface area contributed by atoms with Gasteiger partial charge in [-0.15, -0.1) is 0 Å². The highest BCUT2D eigenvalue weighted by atomic mass is 35.5. The van der Waals surface area contributed by atoms with E-state index < -0.39 is 17.7 Å². The summed E-state index contributed by atoms with van der Waals surface area (Å²) in [5.74, 6) is 1.56. The quantitative estimate of drug-likeness (QED) is 0.645. The smallest absolute Gasteiger partial charge is 0.178 e. The Morgan fingerprint density at radius 3 is 2.82 bits per heavy atom. The van der Waals surface area contributed by atoms with Crippen molar-refractivity contribution in [2.24, 2.45) is 40.4 Å². The van der Waals surface area contributed by atoms with Crippen LogP contribution < -0.4 is 0 Å². The van der Waals surface area contributed by atoms with Crippen LogP contribution in [-0.4, -0.2) is 41.2 Å². The van der Waals surface area contributed by atoms with E-state index in [1.54, 1.807) is 6.08 Å². The number of fused-ring (bicyclic) bond motifs is 7.